The zero-order valence-corrected chi connectivity index (χ0v) is 13.2. The van der Waals surface area contributed by atoms with Crippen LogP contribution in [0.3, 0.4) is 0 Å². The van der Waals surface area contributed by atoms with Crippen LogP contribution in [0, 0.1) is 5.82 Å². The largest absolute Gasteiger partial charge is 0.488 e. The lowest BCUT2D eigenvalue weighted by Crippen LogP contribution is -2.08. The van der Waals surface area contributed by atoms with Gasteiger partial charge in [0, 0.05) is 26.7 Å². The molecule has 20 heavy (non-hydrogen) atoms. The Balaban J connectivity index is 2.18. The highest BCUT2D eigenvalue weighted by atomic mass is 79.9. The number of hydrogen-bond acceptors (Lipinski definition) is 2. The highest BCUT2D eigenvalue weighted by Crippen LogP contribution is 2.28. The molecule has 0 spiro atoms. The van der Waals surface area contributed by atoms with Gasteiger partial charge in [-0.2, -0.15) is 0 Å². The average molecular weight is 359 g/mol. The van der Waals surface area contributed by atoms with Gasteiger partial charge >= 0.3 is 0 Å². The van der Waals surface area contributed by atoms with Crippen LogP contribution in [0.5, 0.6) is 5.75 Å². The summed E-state index contributed by atoms with van der Waals surface area (Å²) < 4.78 is 20.1. The van der Waals surface area contributed by atoms with Gasteiger partial charge in [-0.3, -0.25) is 0 Å². The van der Waals surface area contributed by atoms with Crippen LogP contribution >= 0.6 is 27.5 Å². The maximum absolute atomic E-state index is 13.7. The Morgan fingerprint density at radius 2 is 2.05 bits per heavy atom. The fraction of sp³-hybridized carbons (Fsp3) is 0.200. The van der Waals surface area contributed by atoms with E-state index in [1.54, 1.807) is 30.3 Å². The molecule has 0 saturated heterocycles. The molecule has 0 aromatic heterocycles. The molecule has 2 aromatic rings. The van der Waals surface area contributed by atoms with E-state index in [-0.39, 0.29) is 18.5 Å². The van der Waals surface area contributed by atoms with E-state index in [4.69, 9.17) is 22.1 Å². The smallest absolute Gasteiger partial charge is 0.130 e. The van der Waals surface area contributed by atoms with Crippen molar-refractivity contribution < 1.29 is 9.13 Å². The van der Waals surface area contributed by atoms with E-state index in [1.165, 1.54) is 6.07 Å². The van der Waals surface area contributed by atoms with Gasteiger partial charge in [0.05, 0.1) is 0 Å². The van der Waals surface area contributed by atoms with Crippen molar-refractivity contribution in [1.82, 2.24) is 0 Å². The Morgan fingerprint density at radius 1 is 1.30 bits per heavy atom. The van der Waals surface area contributed by atoms with Crippen molar-refractivity contribution in [2.24, 2.45) is 5.73 Å². The van der Waals surface area contributed by atoms with Crippen LogP contribution in [0.4, 0.5) is 4.39 Å². The molecule has 106 valence electrons. The van der Waals surface area contributed by atoms with Crippen molar-refractivity contribution in [3.05, 3.63) is 62.8 Å². The van der Waals surface area contributed by atoms with E-state index < -0.39 is 0 Å². The van der Waals surface area contributed by atoms with Gasteiger partial charge in [0.25, 0.3) is 0 Å². The van der Waals surface area contributed by atoms with Crippen molar-refractivity contribution >= 4 is 27.5 Å². The summed E-state index contributed by atoms with van der Waals surface area (Å²) in [4.78, 5) is 0. The Bertz CT molecular complexity index is 619. The topological polar surface area (TPSA) is 35.2 Å². The van der Waals surface area contributed by atoms with Gasteiger partial charge < -0.3 is 10.5 Å². The third-order valence-corrected chi connectivity index (χ3v) is 3.59. The molecule has 0 bridgehead atoms. The second-order valence-electron chi connectivity index (χ2n) is 4.50. The maximum Gasteiger partial charge on any atom is 0.130 e. The molecule has 2 nitrogen and oxygen atoms in total. The Morgan fingerprint density at radius 3 is 2.70 bits per heavy atom. The molecule has 2 aromatic carbocycles. The van der Waals surface area contributed by atoms with Crippen LogP contribution in [0.25, 0.3) is 0 Å². The summed E-state index contributed by atoms with van der Waals surface area (Å²) >= 11 is 9.16. The minimum atomic E-state index is -0.310. The monoisotopic (exact) mass is 357 g/mol. The normalized spacial score (nSPS) is 12.2. The van der Waals surface area contributed by atoms with Crippen LogP contribution in [0.2, 0.25) is 5.02 Å². The number of benzene rings is 2. The molecule has 0 heterocycles. The summed E-state index contributed by atoms with van der Waals surface area (Å²) in [5.74, 6) is 0.308. The van der Waals surface area contributed by atoms with Gasteiger partial charge in [-0.1, -0.05) is 33.6 Å². The number of hydrogen-bond donors (Lipinski definition) is 1. The number of ether oxygens (including phenoxy) is 1. The van der Waals surface area contributed by atoms with E-state index >= 15 is 0 Å². The summed E-state index contributed by atoms with van der Waals surface area (Å²) in [6.45, 7) is 1.99. The molecule has 5 heteroatoms. The Labute approximate surface area is 130 Å². The van der Waals surface area contributed by atoms with Crippen LogP contribution in [-0.2, 0) is 6.61 Å². The van der Waals surface area contributed by atoms with E-state index in [0.29, 0.717) is 20.8 Å². The molecule has 0 radical (unpaired) electrons. The molecule has 0 fully saturated rings. The molecule has 0 unspecified atom stereocenters. The van der Waals surface area contributed by atoms with E-state index in [2.05, 4.69) is 15.9 Å². The first-order chi connectivity index (χ1) is 9.47. The van der Waals surface area contributed by atoms with Gasteiger partial charge in [-0.25, -0.2) is 4.39 Å². The van der Waals surface area contributed by atoms with Crippen molar-refractivity contribution in [3.8, 4) is 5.75 Å². The second-order valence-corrected chi connectivity index (χ2v) is 5.85. The summed E-state index contributed by atoms with van der Waals surface area (Å²) in [6, 6.07) is 9.89. The van der Waals surface area contributed by atoms with Crippen molar-refractivity contribution in [2.75, 3.05) is 0 Å². The fourth-order valence-electron chi connectivity index (χ4n) is 1.80. The Hall–Kier alpha value is -1.10. The lowest BCUT2D eigenvalue weighted by atomic mass is 10.1. The van der Waals surface area contributed by atoms with E-state index in [9.17, 15) is 4.39 Å². The minimum absolute atomic E-state index is 0.139. The third kappa shape index (κ3) is 3.72. The highest BCUT2D eigenvalue weighted by Gasteiger charge is 2.10. The zero-order chi connectivity index (χ0) is 14.7. The van der Waals surface area contributed by atoms with Crippen molar-refractivity contribution in [2.45, 2.75) is 19.6 Å². The quantitative estimate of drug-likeness (QED) is 0.848. The lowest BCUT2D eigenvalue weighted by molar-refractivity contribution is 0.295. The van der Waals surface area contributed by atoms with Crippen molar-refractivity contribution in [3.63, 3.8) is 0 Å². The maximum atomic E-state index is 13.7. The SMILES string of the molecule is C[C@H](N)c1cc(Cl)ccc1OCc1ccc(Br)cc1F. The third-order valence-electron chi connectivity index (χ3n) is 2.86. The first-order valence-electron chi connectivity index (χ1n) is 6.09. The second kappa shape index (κ2) is 6.57. The summed E-state index contributed by atoms with van der Waals surface area (Å²) in [6.07, 6.45) is 0. The van der Waals surface area contributed by atoms with Crippen molar-refractivity contribution in [1.29, 1.82) is 0 Å². The molecule has 2 rings (SSSR count). The van der Waals surface area contributed by atoms with Crippen LogP contribution < -0.4 is 10.5 Å². The molecule has 0 saturated carbocycles. The predicted octanol–water partition coefficient (Wildman–Crippen LogP) is 4.84. The van der Waals surface area contributed by atoms with Crippen LogP contribution in [0.15, 0.2) is 40.9 Å². The summed E-state index contributed by atoms with van der Waals surface area (Å²) in [5.41, 5.74) is 7.17. The molecule has 1 atom stereocenters. The van der Waals surface area contributed by atoms with Gasteiger partial charge in [-0.05, 0) is 37.3 Å². The minimum Gasteiger partial charge on any atom is -0.488 e. The molecular formula is C15H14BrClFNO. The molecule has 2 N–H and O–H groups in total. The van der Waals surface area contributed by atoms with Gasteiger partial charge in [0.1, 0.15) is 18.2 Å². The molecule has 0 amide bonds. The average Bonchev–Trinajstić information content (AvgIpc) is 2.38. The van der Waals surface area contributed by atoms with Gasteiger partial charge in [0.15, 0.2) is 0 Å². The first-order valence-corrected chi connectivity index (χ1v) is 7.26. The Kier molecular flexibility index (Phi) is 5.02. The summed E-state index contributed by atoms with van der Waals surface area (Å²) in [7, 11) is 0. The zero-order valence-electron chi connectivity index (χ0n) is 10.9. The standard InChI is InChI=1S/C15H14BrClFNO/c1-9(19)13-7-12(17)4-5-15(13)20-8-10-2-3-11(16)6-14(10)18/h2-7,9H,8,19H2,1H3/t9-/m0/s1. The predicted molar refractivity (Wildman–Crippen MR) is 82.5 cm³/mol. The molecule has 0 aliphatic carbocycles. The molecular weight excluding hydrogens is 345 g/mol. The van der Waals surface area contributed by atoms with Gasteiger partial charge in [-0.15, -0.1) is 0 Å². The van der Waals surface area contributed by atoms with Crippen LogP contribution in [-0.4, -0.2) is 0 Å². The number of rotatable bonds is 4. The number of halogens is 3. The van der Waals surface area contributed by atoms with Crippen LogP contribution in [0.1, 0.15) is 24.1 Å². The van der Waals surface area contributed by atoms with Gasteiger partial charge in [0.2, 0.25) is 0 Å². The van der Waals surface area contributed by atoms with E-state index in [0.717, 1.165) is 5.56 Å². The first kappa shape index (κ1) is 15.3. The number of nitrogens with two attached hydrogens (primary N) is 1. The molecule has 0 aliphatic heterocycles. The fourth-order valence-corrected chi connectivity index (χ4v) is 2.31. The van der Waals surface area contributed by atoms with E-state index in [1.807, 2.05) is 6.92 Å². The lowest BCUT2D eigenvalue weighted by Gasteiger charge is -2.14. The highest BCUT2D eigenvalue weighted by molar-refractivity contribution is 9.10. The summed E-state index contributed by atoms with van der Waals surface area (Å²) in [5, 5.41) is 0.597. The molecule has 0 aliphatic rings.